The minimum absolute atomic E-state index is 0.0614. The van der Waals surface area contributed by atoms with E-state index in [0.29, 0.717) is 0 Å². The molecular formula is C10H11FN2O4. The fraction of sp³-hybridized carbons (Fsp3) is 0.300. The van der Waals surface area contributed by atoms with Gasteiger partial charge in [0.05, 0.1) is 11.8 Å². The number of aliphatic hydroxyl groups is 1. The van der Waals surface area contributed by atoms with Gasteiger partial charge in [-0.15, -0.1) is 0 Å². The quantitative estimate of drug-likeness (QED) is 0.663. The number of rotatable bonds is 5. The average Bonchev–Trinajstić information content (AvgIpc) is 2.29. The first kappa shape index (κ1) is 13.0. The monoisotopic (exact) mass is 242 g/mol. The van der Waals surface area contributed by atoms with Gasteiger partial charge in [0.25, 0.3) is 5.91 Å². The summed E-state index contributed by atoms with van der Waals surface area (Å²) in [5.41, 5.74) is -0.176. The maximum absolute atomic E-state index is 13.1. The Hall–Kier alpha value is -2.02. The number of carbonyl (C=O) groups is 2. The van der Waals surface area contributed by atoms with E-state index in [1.165, 1.54) is 12.3 Å². The zero-order chi connectivity index (χ0) is 12.8. The van der Waals surface area contributed by atoms with E-state index in [4.69, 9.17) is 10.2 Å². The molecule has 1 amide bonds. The second kappa shape index (κ2) is 5.90. The summed E-state index contributed by atoms with van der Waals surface area (Å²) in [5.74, 6) is -2.80. The molecule has 0 saturated heterocycles. The molecule has 0 radical (unpaired) electrons. The molecule has 0 spiro atoms. The van der Waals surface area contributed by atoms with Crippen LogP contribution in [0.5, 0.6) is 0 Å². The molecule has 92 valence electrons. The number of aliphatic carboxylic acids is 1. The summed E-state index contributed by atoms with van der Waals surface area (Å²) in [6, 6.07) is 1.21. The summed E-state index contributed by atoms with van der Waals surface area (Å²) >= 11 is 0. The largest absolute Gasteiger partial charge is 0.479 e. The number of nitrogens with zero attached hydrogens (tertiary/aromatic N) is 1. The SMILES string of the molecule is O=C(NCCC(O)C(=O)O)c1ccncc1F. The van der Waals surface area contributed by atoms with Crippen LogP contribution in [0.3, 0.4) is 0 Å². The first-order chi connectivity index (χ1) is 8.02. The summed E-state index contributed by atoms with van der Waals surface area (Å²) < 4.78 is 13.1. The van der Waals surface area contributed by atoms with Crippen molar-refractivity contribution in [2.75, 3.05) is 6.54 Å². The van der Waals surface area contributed by atoms with E-state index in [0.717, 1.165) is 6.20 Å². The number of carboxylic acid groups (broad SMARTS) is 1. The van der Waals surface area contributed by atoms with Gasteiger partial charge in [0.2, 0.25) is 0 Å². The van der Waals surface area contributed by atoms with Crippen LogP contribution < -0.4 is 5.32 Å². The molecule has 1 atom stereocenters. The molecule has 0 aromatic carbocycles. The highest BCUT2D eigenvalue weighted by Gasteiger charge is 2.14. The van der Waals surface area contributed by atoms with E-state index in [2.05, 4.69) is 10.3 Å². The van der Waals surface area contributed by atoms with Crippen molar-refractivity contribution >= 4 is 11.9 Å². The lowest BCUT2D eigenvalue weighted by atomic mass is 10.2. The Balaban J connectivity index is 2.46. The molecule has 0 aliphatic carbocycles. The second-order valence-electron chi connectivity index (χ2n) is 3.25. The van der Waals surface area contributed by atoms with Crippen LogP contribution in [0.25, 0.3) is 0 Å². The minimum Gasteiger partial charge on any atom is -0.479 e. The number of carbonyl (C=O) groups excluding carboxylic acids is 1. The highest BCUT2D eigenvalue weighted by atomic mass is 19.1. The van der Waals surface area contributed by atoms with Gasteiger partial charge in [-0.3, -0.25) is 9.78 Å². The lowest BCUT2D eigenvalue weighted by molar-refractivity contribution is -0.146. The van der Waals surface area contributed by atoms with E-state index in [-0.39, 0.29) is 18.5 Å². The number of pyridine rings is 1. The van der Waals surface area contributed by atoms with Gasteiger partial charge in [0, 0.05) is 19.2 Å². The molecule has 6 nitrogen and oxygen atoms in total. The van der Waals surface area contributed by atoms with Gasteiger partial charge in [0.1, 0.15) is 0 Å². The third-order valence-electron chi connectivity index (χ3n) is 2.01. The van der Waals surface area contributed by atoms with Crippen molar-refractivity contribution in [3.63, 3.8) is 0 Å². The Morgan fingerprint density at radius 2 is 2.24 bits per heavy atom. The smallest absolute Gasteiger partial charge is 0.332 e. The molecule has 0 saturated carbocycles. The Labute approximate surface area is 96.1 Å². The predicted octanol–water partition coefficient (Wildman–Crippen LogP) is -0.214. The van der Waals surface area contributed by atoms with Crippen molar-refractivity contribution in [3.05, 3.63) is 29.8 Å². The number of halogens is 1. The number of hydrogen-bond donors (Lipinski definition) is 3. The highest BCUT2D eigenvalue weighted by molar-refractivity contribution is 5.94. The topological polar surface area (TPSA) is 99.5 Å². The van der Waals surface area contributed by atoms with Crippen molar-refractivity contribution in [2.24, 2.45) is 0 Å². The maximum atomic E-state index is 13.1. The summed E-state index contributed by atoms with van der Waals surface area (Å²) in [5, 5.41) is 19.6. The number of aliphatic hydroxyl groups excluding tert-OH is 1. The van der Waals surface area contributed by atoms with Gasteiger partial charge in [0.15, 0.2) is 11.9 Å². The average molecular weight is 242 g/mol. The molecule has 1 heterocycles. The summed E-state index contributed by atoms with van der Waals surface area (Å²) in [7, 11) is 0. The summed E-state index contributed by atoms with van der Waals surface area (Å²) in [4.78, 5) is 25.2. The number of amides is 1. The lowest BCUT2D eigenvalue weighted by Crippen LogP contribution is -2.30. The van der Waals surface area contributed by atoms with E-state index in [9.17, 15) is 14.0 Å². The van der Waals surface area contributed by atoms with Gasteiger partial charge in [-0.25, -0.2) is 9.18 Å². The Kier molecular flexibility index (Phi) is 4.53. The number of carboxylic acids is 1. The fourth-order valence-electron chi connectivity index (χ4n) is 1.10. The van der Waals surface area contributed by atoms with Gasteiger partial charge in [-0.05, 0) is 6.07 Å². The van der Waals surface area contributed by atoms with Crippen LogP contribution in [0.2, 0.25) is 0 Å². The van der Waals surface area contributed by atoms with Crippen LogP contribution in [0.1, 0.15) is 16.8 Å². The van der Waals surface area contributed by atoms with Crippen molar-refractivity contribution in [3.8, 4) is 0 Å². The minimum atomic E-state index is -1.54. The van der Waals surface area contributed by atoms with E-state index >= 15 is 0 Å². The molecule has 0 aliphatic heterocycles. The molecule has 1 rings (SSSR count). The Morgan fingerprint density at radius 3 is 2.82 bits per heavy atom. The molecule has 1 unspecified atom stereocenters. The van der Waals surface area contributed by atoms with Gasteiger partial charge in [-0.2, -0.15) is 0 Å². The van der Waals surface area contributed by atoms with Crippen LogP contribution in [0.4, 0.5) is 4.39 Å². The standard InChI is InChI=1S/C10H11FN2O4/c11-7-5-12-3-1-6(7)9(15)13-4-2-8(14)10(16)17/h1,3,5,8,14H,2,4H2,(H,13,15)(H,16,17). The predicted molar refractivity (Wildman–Crippen MR) is 54.8 cm³/mol. The summed E-state index contributed by atoms with van der Waals surface area (Å²) in [6.45, 7) is -0.0614. The first-order valence-electron chi connectivity index (χ1n) is 4.81. The molecule has 3 N–H and O–H groups in total. The molecule has 1 aromatic rings. The van der Waals surface area contributed by atoms with Crippen molar-refractivity contribution < 1.29 is 24.2 Å². The number of aromatic nitrogens is 1. The zero-order valence-corrected chi connectivity index (χ0v) is 8.76. The van der Waals surface area contributed by atoms with Crippen LogP contribution in [-0.4, -0.2) is 39.7 Å². The van der Waals surface area contributed by atoms with Gasteiger partial charge in [-0.1, -0.05) is 0 Å². The van der Waals surface area contributed by atoms with Crippen LogP contribution >= 0.6 is 0 Å². The van der Waals surface area contributed by atoms with Crippen molar-refractivity contribution in [1.29, 1.82) is 0 Å². The highest BCUT2D eigenvalue weighted by Crippen LogP contribution is 2.03. The van der Waals surface area contributed by atoms with Crippen molar-refractivity contribution in [2.45, 2.75) is 12.5 Å². The number of nitrogens with one attached hydrogen (secondary N) is 1. The van der Waals surface area contributed by atoms with Crippen LogP contribution in [0, 0.1) is 5.82 Å². The molecule has 7 heteroatoms. The van der Waals surface area contributed by atoms with E-state index in [1.54, 1.807) is 0 Å². The third kappa shape index (κ3) is 3.80. The van der Waals surface area contributed by atoms with Gasteiger partial charge < -0.3 is 15.5 Å². The molecule has 17 heavy (non-hydrogen) atoms. The first-order valence-corrected chi connectivity index (χ1v) is 4.81. The maximum Gasteiger partial charge on any atom is 0.332 e. The molecule has 0 aliphatic rings. The zero-order valence-electron chi connectivity index (χ0n) is 8.76. The summed E-state index contributed by atoms with van der Waals surface area (Å²) in [6.07, 6.45) is 0.483. The lowest BCUT2D eigenvalue weighted by Gasteiger charge is -2.07. The second-order valence-corrected chi connectivity index (χ2v) is 3.25. The van der Waals surface area contributed by atoms with Gasteiger partial charge >= 0.3 is 5.97 Å². The van der Waals surface area contributed by atoms with Crippen molar-refractivity contribution in [1.82, 2.24) is 10.3 Å². The molecule has 0 bridgehead atoms. The van der Waals surface area contributed by atoms with Crippen LogP contribution in [0.15, 0.2) is 18.5 Å². The molecule has 0 fully saturated rings. The normalized spacial score (nSPS) is 11.9. The molecular weight excluding hydrogens is 231 g/mol. The van der Waals surface area contributed by atoms with Crippen LogP contribution in [-0.2, 0) is 4.79 Å². The Morgan fingerprint density at radius 1 is 1.53 bits per heavy atom. The Bertz CT molecular complexity index is 425. The van der Waals surface area contributed by atoms with E-state index < -0.39 is 23.8 Å². The fourth-order valence-corrected chi connectivity index (χ4v) is 1.10. The molecule has 1 aromatic heterocycles. The third-order valence-corrected chi connectivity index (χ3v) is 2.01. The number of hydrogen-bond acceptors (Lipinski definition) is 4. The van der Waals surface area contributed by atoms with E-state index in [1.807, 2.05) is 0 Å².